The molecule has 224 valence electrons. The summed E-state index contributed by atoms with van der Waals surface area (Å²) in [5.74, 6) is -0.452. The lowest BCUT2D eigenvalue weighted by atomic mass is 10.1. The first-order chi connectivity index (χ1) is 19.8. The van der Waals surface area contributed by atoms with E-state index in [1.54, 1.807) is 49.4 Å². The highest BCUT2D eigenvalue weighted by atomic mass is 32.2. The molecule has 0 saturated carbocycles. The van der Waals surface area contributed by atoms with Crippen molar-refractivity contribution in [2.75, 3.05) is 18.0 Å². The summed E-state index contributed by atoms with van der Waals surface area (Å²) in [4.78, 5) is 39.4. The van der Waals surface area contributed by atoms with Crippen LogP contribution in [0.4, 0.5) is 11.4 Å². The summed E-state index contributed by atoms with van der Waals surface area (Å²) < 4.78 is 33.9. The van der Waals surface area contributed by atoms with Gasteiger partial charge in [0, 0.05) is 24.2 Å². The van der Waals surface area contributed by atoms with E-state index < -0.39 is 39.0 Å². The Labute approximate surface area is 246 Å². The van der Waals surface area contributed by atoms with E-state index >= 15 is 0 Å². The minimum atomic E-state index is -4.29. The molecule has 0 fully saturated rings. The lowest BCUT2D eigenvalue weighted by Gasteiger charge is -2.34. The predicted molar refractivity (Wildman–Crippen MR) is 160 cm³/mol. The average Bonchev–Trinajstić information content (AvgIpc) is 2.95. The molecule has 1 atom stereocenters. The van der Waals surface area contributed by atoms with Gasteiger partial charge in [0.05, 0.1) is 22.6 Å². The van der Waals surface area contributed by atoms with Crippen LogP contribution in [-0.2, 0) is 26.2 Å². The topological polar surface area (TPSA) is 139 Å². The molecule has 0 aliphatic rings. The maximum Gasteiger partial charge on any atom is 0.269 e. The number of nitrogens with zero attached hydrogens (tertiary/aromatic N) is 3. The SMILES string of the molecule is CC[C@H](C(=O)NC(C)(C)C)N(Cc1cccc(OC)c1)C(=O)CN(c1ccc([N+](=O)[O-])cc1)S(=O)(=O)c1ccccc1. The molecule has 12 heteroatoms. The van der Waals surface area contributed by atoms with Gasteiger partial charge in [-0.15, -0.1) is 0 Å². The summed E-state index contributed by atoms with van der Waals surface area (Å²) in [6.07, 6.45) is 0.264. The number of anilines is 1. The number of nitro groups is 1. The van der Waals surface area contributed by atoms with Gasteiger partial charge in [0.15, 0.2) is 0 Å². The van der Waals surface area contributed by atoms with Gasteiger partial charge in [-0.05, 0) is 69.2 Å². The number of hydrogen-bond acceptors (Lipinski definition) is 7. The van der Waals surface area contributed by atoms with E-state index in [2.05, 4.69) is 5.32 Å². The van der Waals surface area contributed by atoms with Crippen molar-refractivity contribution in [3.05, 3.63) is 94.5 Å². The maximum atomic E-state index is 14.1. The van der Waals surface area contributed by atoms with E-state index in [0.717, 1.165) is 4.31 Å². The Hall–Kier alpha value is -4.45. The number of carbonyl (C=O) groups is 2. The number of hydrogen-bond donors (Lipinski definition) is 1. The molecule has 0 aliphatic heterocycles. The summed E-state index contributed by atoms with van der Waals surface area (Å²) in [5.41, 5.74) is -0.0630. The Bertz CT molecular complexity index is 1500. The number of amides is 2. The number of nitrogens with one attached hydrogen (secondary N) is 1. The monoisotopic (exact) mass is 596 g/mol. The van der Waals surface area contributed by atoms with Crippen LogP contribution in [0.3, 0.4) is 0 Å². The predicted octanol–water partition coefficient (Wildman–Crippen LogP) is 4.52. The molecule has 0 spiro atoms. The van der Waals surface area contributed by atoms with Crippen molar-refractivity contribution in [2.45, 2.75) is 57.1 Å². The first-order valence-electron chi connectivity index (χ1n) is 13.3. The number of rotatable bonds is 12. The summed E-state index contributed by atoms with van der Waals surface area (Å²) in [6, 6.07) is 18.6. The number of non-ortho nitro benzene ring substituents is 1. The third kappa shape index (κ3) is 8.06. The molecule has 1 N–H and O–H groups in total. The molecule has 0 heterocycles. The first kappa shape index (κ1) is 32.1. The first-order valence-corrected chi connectivity index (χ1v) is 14.8. The second kappa shape index (κ2) is 13.5. The Kier molecular flexibility index (Phi) is 10.3. The highest BCUT2D eigenvalue weighted by Gasteiger charge is 2.34. The lowest BCUT2D eigenvalue weighted by molar-refractivity contribution is -0.384. The van der Waals surface area contributed by atoms with Crippen molar-refractivity contribution in [3.8, 4) is 5.75 Å². The lowest BCUT2D eigenvalue weighted by Crippen LogP contribution is -2.55. The molecule has 0 bridgehead atoms. The molecular formula is C30H36N4O7S. The Balaban J connectivity index is 2.09. The third-order valence-corrected chi connectivity index (χ3v) is 8.12. The number of ether oxygens (including phenoxy) is 1. The van der Waals surface area contributed by atoms with Crippen LogP contribution in [0.25, 0.3) is 0 Å². The van der Waals surface area contributed by atoms with Gasteiger partial charge >= 0.3 is 0 Å². The van der Waals surface area contributed by atoms with Crippen molar-refractivity contribution in [2.24, 2.45) is 0 Å². The zero-order valence-corrected chi connectivity index (χ0v) is 25.1. The number of carbonyl (C=O) groups excluding carboxylic acids is 2. The summed E-state index contributed by atoms with van der Waals surface area (Å²) >= 11 is 0. The van der Waals surface area contributed by atoms with Gasteiger partial charge in [-0.1, -0.05) is 37.3 Å². The fourth-order valence-corrected chi connectivity index (χ4v) is 5.76. The molecule has 11 nitrogen and oxygen atoms in total. The molecule has 0 unspecified atom stereocenters. The van der Waals surface area contributed by atoms with E-state index in [9.17, 15) is 28.1 Å². The molecule has 0 saturated heterocycles. The zero-order chi connectivity index (χ0) is 31.1. The van der Waals surface area contributed by atoms with Crippen LogP contribution in [0, 0.1) is 10.1 Å². The average molecular weight is 597 g/mol. The van der Waals surface area contributed by atoms with E-state index in [4.69, 9.17) is 4.74 Å². The largest absolute Gasteiger partial charge is 0.497 e. The summed E-state index contributed by atoms with van der Waals surface area (Å²) in [7, 11) is -2.77. The molecule has 42 heavy (non-hydrogen) atoms. The van der Waals surface area contributed by atoms with Crippen LogP contribution in [0.5, 0.6) is 5.75 Å². The molecule has 2 amide bonds. The molecule has 0 aromatic heterocycles. The van der Waals surface area contributed by atoms with Crippen LogP contribution >= 0.6 is 0 Å². The zero-order valence-electron chi connectivity index (χ0n) is 24.3. The number of benzene rings is 3. The Morgan fingerprint density at radius 2 is 1.64 bits per heavy atom. The smallest absolute Gasteiger partial charge is 0.269 e. The number of nitro benzene ring substituents is 1. The quantitative estimate of drug-likeness (QED) is 0.240. The van der Waals surface area contributed by atoms with Gasteiger partial charge in [0.1, 0.15) is 18.3 Å². The molecule has 3 aromatic rings. The minimum absolute atomic E-state index is 0.00554. The Morgan fingerprint density at radius 1 is 1.00 bits per heavy atom. The summed E-state index contributed by atoms with van der Waals surface area (Å²) in [5, 5.41) is 14.1. The standard InChI is InChI=1S/C30H36N4O7S/c1-6-27(29(36)31-30(2,3)4)32(20-22-11-10-12-25(19-22)41-5)28(35)21-33(23-15-17-24(18-16-23)34(37)38)42(39,40)26-13-8-7-9-14-26/h7-19,27H,6,20-21H2,1-5H3,(H,31,36)/t27-/m1/s1. The van der Waals surface area contributed by atoms with E-state index in [1.165, 1.54) is 48.4 Å². The van der Waals surface area contributed by atoms with E-state index in [1.807, 2.05) is 20.8 Å². The fourth-order valence-electron chi connectivity index (χ4n) is 4.33. The highest BCUT2D eigenvalue weighted by Crippen LogP contribution is 2.27. The van der Waals surface area contributed by atoms with Crippen LogP contribution in [0.1, 0.15) is 39.7 Å². The molecule has 0 radical (unpaired) electrons. The molecular weight excluding hydrogens is 560 g/mol. The molecule has 3 aromatic carbocycles. The van der Waals surface area contributed by atoms with Crippen LogP contribution in [-0.4, -0.2) is 55.3 Å². The van der Waals surface area contributed by atoms with Crippen LogP contribution in [0.2, 0.25) is 0 Å². The van der Waals surface area contributed by atoms with Gasteiger partial charge in [0.25, 0.3) is 15.7 Å². The van der Waals surface area contributed by atoms with Crippen LogP contribution in [0.15, 0.2) is 83.8 Å². The number of methoxy groups -OCH3 is 1. The second-order valence-corrected chi connectivity index (χ2v) is 12.5. The van der Waals surface area contributed by atoms with Crippen molar-refractivity contribution < 1.29 is 27.7 Å². The van der Waals surface area contributed by atoms with Gasteiger partial charge < -0.3 is 15.0 Å². The Morgan fingerprint density at radius 3 is 2.19 bits per heavy atom. The van der Waals surface area contributed by atoms with Crippen molar-refractivity contribution in [3.63, 3.8) is 0 Å². The van der Waals surface area contributed by atoms with E-state index in [-0.39, 0.29) is 35.1 Å². The highest BCUT2D eigenvalue weighted by molar-refractivity contribution is 7.92. The normalized spacial score (nSPS) is 12.2. The van der Waals surface area contributed by atoms with Gasteiger partial charge in [0.2, 0.25) is 11.8 Å². The third-order valence-electron chi connectivity index (χ3n) is 6.33. The molecule has 0 aliphatic carbocycles. The van der Waals surface area contributed by atoms with Crippen molar-refractivity contribution in [1.29, 1.82) is 0 Å². The fraction of sp³-hybridized carbons (Fsp3) is 0.333. The van der Waals surface area contributed by atoms with Crippen molar-refractivity contribution in [1.82, 2.24) is 10.2 Å². The van der Waals surface area contributed by atoms with Gasteiger partial charge in [-0.2, -0.15) is 0 Å². The van der Waals surface area contributed by atoms with Crippen molar-refractivity contribution >= 4 is 33.2 Å². The number of sulfonamides is 1. The van der Waals surface area contributed by atoms with Gasteiger partial charge in [-0.25, -0.2) is 8.42 Å². The van der Waals surface area contributed by atoms with Gasteiger partial charge in [-0.3, -0.25) is 24.0 Å². The minimum Gasteiger partial charge on any atom is -0.497 e. The molecule has 3 rings (SSSR count). The summed E-state index contributed by atoms with van der Waals surface area (Å²) in [6.45, 7) is 6.61. The van der Waals surface area contributed by atoms with E-state index in [0.29, 0.717) is 11.3 Å². The maximum absolute atomic E-state index is 14.1. The van der Waals surface area contributed by atoms with Crippen LogP contribution < -0.4 is 14.4 Å². The second-order valence-electron chi connectivity index (χ2n) is 10.6.